The molecule has 2 amide bonds. The van der Waals surface area contributed by atoms with Gasteiger partial charge in [-0.3, -0.25) is 4.98 Å². The van der Waals surface area contributed by atoms with Crippen molar-refractivity contribution in [3.8, 4) is 0 Å². The van der Waals surface area contributed by atoms with Crippen molar-refractivity contribution >= 4 is 17.8 Å². The van der Waals surface area contributed by atoms with Crippen molar-refractivity contribution in [2.45, 2.75) is 24.4 Å². The van der Waals surface area contributed by atoms with Crippen LogP contribution in [0.5, 0.6) is 0 Å². The Hall–Kier alpha value is -2.01. The number of rotatable bonds is 5. The van der Waals surface area contributed by atoms with Crippen molar-refractivity contribution in [1.29, 1.82) is 0 Å². The summed E-state index contributed by atoms with van der Waals surface area (Å²) in [4.78, 5) is 17.1. The van der Waals surface area contributed by atoms with E-state index in [9.17, 15) is 4.79 Å². The van der Waals surface area contributed by atoms with Gasteiger partial charge in [-0.25, -0.2) is 4.79 Å². The molecule has 0 radical (unpaired) electrons. The Bertz CT molecular complexity index is 589. The summed E-state index contributed by atoms with van der Waals surface area (Å²) in [5.74, 6) is 0. The lowest BCUT2D eigenvalue weighted by Gasteiger charge is -2.17. The standard InChI is InChI=1S/C16H19N3OS/c1-12(14-5-3-4-6-15(14)21-2)19-16(20)18-11-13-7-9-17-10-8-13/h3-10,12H,11H2,1-2H3,(H2,18,19,20)/t12-/m1/s1. The maximum Gasteiger partial charge on any atom is 0.315 e. The highest BCUT2D eigenvalue weighted by Crippen LogP contribution is 2.25. The van der Waals surface area contributed by atoms with E-state index in [-0.39, 0.29) is 12.1 Å². The molecule has 0 bridgehead atoms. The smallest absolute Gasteiger partial charge is 0.315 e. The molecule has 1 aromatic carbocycles. The first-order valence-corrected chi connectivity index (χ1v) is 7.99. The number of thioether (sulfide) groups is 1. The van der Waals surface area contributed by atoms with Gasteiger partial charge < -0.3 is 10.6 Å². The molecular weight excluding hydrogens is 282 g/mol. The van der Waals surface area contributed by atoms with Gasteiger partial charge in [-0.15, -0.1) is 11.8 Å². The summed E-state index contributed by atoms with van der Waals surface area (Å²) in [7, 11) is 0. The number of aromatic nitrogens is 1. The lowest BCUT2D eigenvalue weighted by atomic mass is 10.1. The lowest BCUT2D eigenvalue weighted by Crippen LogP contribution is -2.36. The van der Waals surface area contributed by atoms with Crippen LogP contribution in [-0.4, -0.2) is 17.3 Å². The second-order valence-corrected chi connectivity index (χ2v) is 5.49. The summed E-state index contributed by atoms with van der Waals surface area (Å²) in [5.41, 5.74) is 2.15. The van der Waals surface area contributed by atoms with Crippen LogP contribution >= 0.6 is 11.8 Å². The fraction of sp³-hybridized carbons (Fsp3) is 0.250. The molecule has 0 unspecified atom stereocenters. The summed E-state index contributed by atoms with van der Waals surface area (Å²) in [6.07, 6.45) is 5.47. The van der Waals surface area contributed by atoms with Gasteiger partial charge in [-0.2, -0.15) is 0 Å². The highest BCUT2D eigenvalue weighted by molar-refractivity contribution is 7.98. The molecule has 1 heterocycles. The minimum Gasteiger partial charge on any atom is -0.334 e. The van der Waals surface area contributed by atoms with Gasteiger partial charge in [0.05, 0.1) is 6.04 Å². The van der Waals surface area contributed by atoms with E-state index < -0.39 is 0 Å². The maximum atomic E-state index is 12.0. The number of nitrogens with zero attached hydrogens (tertiary/aromatic N) is 1. The third-order valence-corrected chi connectivity index (χ3v) is 3.97. The third-order valence-electron chi connectivity index (χ3n) is 3.16. The minimum absolute atomic E-state index is 0.0360. The van der Waals surface area contributed by atoms with E-state index in [1.54, 1.807) is 24.2 Å². The van der Waals surface area contributed by atoms with Gasteiger partial charge in [-0.05, 0) is 42.5 Å². The average Bonchev–Trinajstić information content (AvgIpc) is 2.53. The molecule has 0 aliphatic heterocycles. The van der Waals surface area contributed by atoms with E-state index in [4.69, 9.17) is 0 Å². The van der Waals surface area contributed by atoms with Gasteiger partial charge in [0.15, 0.2) is 0 Å². The zero-order valence-corrected chi connectivity index (χ0v) is 13.0. The summed E-state index contributed by atoms with van der Waals surface area (Å²) in [5, 5.41) is 5.81. The van der Waals surface area contributed by atoms with Crippen LogP contribution in [0.1, 0.15) is 24.1 Å². The number of pyridine rings is 1. The van der Waals surface area contributed by atoms with Crippen LogP contribution in [0.25, 0.3) is 0 Å². The summed E-state index contributed by atoms with van der Waals surface area (Å²) >= 11 is 1.68. The predicted octanol–water partition coefficient (Wildman–Crippen LogP) is 3.36. The summed E-state index contributed by atoms with van der Waals surface area (Å²) in [6.45, 7) is 2.48. The van der Waals surface area contributed by atoms with Crippen molar-refractivity contribution in [3.63, 3.8) is 0 Å². The van der Waals surface area contributed by atoms with E-state index >= 15 is 0 Å². The van der Waals surface area contributed by atoms with Crippen LogP contribution < -0.4 is 10.6 Å². The molecule has 4 nitrogen and oxygen atoms in total. The molecule has 0 fully saturated rings. The molecule has 110 valence electrons. The monoisotopic (exact) mass is 301 g/mol. The second kappa shape index (κ2) is 7.69. The molecule has 21 heavy (non-hydrogen) atoms. The molecule has 1 aromatic heterocycles. The Balaban J connectivity index is 1.90. The number of carbonyl (C=O) groups excluding carboxylic acids is 1. The van der Waals surface area contributed by atoms with Crippen LogP contribution in [-0.2, 0) is 6.54 Å². The number of hydrogen-bond acceptors (Lipinski definition) is 3. The molecular formula is C16H19N3OS. The van der Waals surface area contributed by atoms with Gasteiger partial charge >= 0.3 is 6.03 Å². The molecule has 0 saturated carbocycles. The van der Waals surface area contributed by atoms with Crippen molar-refractivity contribution in [2.24, 2.45) is 0 Å². The van der Waals surface area contributed by atoms with E-state index in [0.29, 0.717) is 6.54 Å². The van der Waals surface area contributed by atoms with Crippen LogP contribution in [0, 0.1) is 0 Å². The zero-order valence-electron chi connectivity index (χ0n) is 12.2. The molecule has 0 spiro atoms. The van der Waals surface area contributed by atoms with Crippen LogP contribution in [0.4, 0.5) is 4.79 Å². The first-order valence-electron chi connectivity index (χ1n) is 6.77. The summed E-state index contributed by atoms with van der Waals surface area (Å²) in [6, 6.07) is 11.7. The second-order valence-electron chi connectivity index (χ2n) is 4.65. The van der Waals surface area contributed by atoms with Crippen molar-refractivity contribution in [3.05, 3.63) is 59.9 Å². The molecule has 1 atom stereocenters. The minimum atomic E-state index is -0.171. The average molecular weight is 301 g/mol. The number of benzene rings is 1. The molecule has 2 N–H and O–H groups in total. The number of nitrogens with one attached hydrogen (secondary N) is 2. The highest BCUT2D eigenvalue weighted by atomic mass is 32.2. The van der Waals surface area contributed by atoms with Gasteiger partial charge in [0.2, 0.25) is 0 Å². The van der Waals surface area contributed by atoms with E-state index in [1.165, 1.54) is 4.90 Å². The van der Waals surface area contributed by atoms with Gasteiger partial charge in [-0.1, -0.05) is 18.2 Å². The fourth-order valence-corrected chi connectivity index (χ4v) is 2.73. The Morgan fingerprint density at radius 2 is 1.95 bits per heavy atom. The predicted molar refractivity (Wildman–Crippen MR) is 86.2 cm³/mol. The van der Waals surface area contributed by atoms with Crippen LogP contribution in [0.3, 0.4) is 0 Å². The SMILES string of the molecule is CSc1ccccc1[C@@H](C)NC(=O)NCc1ccncc1. The third kappa shape index (κ3) is 4.49. The van der Waals surface area contributed by atoms with E-state index in [0.717, 1.165) is 11.1 Å². The number of amides is 2. The topological polar surface area (TPSA) is 54.0 Å². The number of carbonyl (C=O) groups is 1. The Labute approximate surface area is 129 Å². The molecule has 0 saturated heterocycles. The lowest BCUT2D eigenvalue weighted by molar-refractivity contribution is 0.237. The quantitative estimate of drug-likeness (QED) is 0.833. The van der Waals surface area contributed by atoms with Crippen LogP contribution in [0.2, 0.25) is 0 Å². The molecule has 2 rings (SSSR count). The molecule has 0 aliphatic carbocycles. The van der Waals surface area contributed by atoms with Gasteiger partial charge in [0.25, 0.3) is 0 Å². The molecule has 2 aromatic rings. The van der Waals surface area contributed by atoms with E-state index in [1.807, 2.05) is 43.5 Å². The molecule has 5 heteroatoms. The zero-order chi connectivity index (χ0) is 15.1. The maximum absolute atomic E-state index is 12.0. The number of urea groups is 1. The number of hydrogen-bond donors (Lipinski definition) is 2. The highest BCUT2D eigenvalue weighted by Gasteiger charge is 2.12. The van der Waals surface area contributed by atoms with Crippen molar-refractivity contribution in [1.82, 2.24) is 15.6 Å². The van der Waals surface area contributed by atoms with Crippen LogP contribution in [0.15, 0.2) is 53.7 Å². The Morgan fingerprint density at radius 3 is 2.67 bits per heavy atom. The normalized spacial score (nSPS) is 11.7. The Morgan fingerprint density at radius 1 is 1.24 bits per heavy atom. The Kier molecular flexibility index (Phi) is 5.63. The summed E-state index contributed by atoms with van der Waals surface area (Å²) < 4.78 is 0. The van der Waals surface area contributed by atoms with Crippen molar-refractivity contribution in [2.75, 3.05) is 6.26 Å². The van der Waals surface area contributed by atoms with Gasteiger partial charge in [0.1, 0.15) is 0 Å². The van der Waals surface area contributed by atoms with E-state index in [2.05, 4.69) is 21.7 Å². The van der Waals surface area contributed by atoms with Crippen molar-refractivity contribution < 1.29 is 4.79 Å². The largest absolute Gasteiger partial charge is 0.334 e. The molecule has 0 aliphatic rings. The first-order chi connectivity index (χ1) is 10.2. The fourth-order valence-electron chi connectivity index (χ4n) is 2.03. The van der Waals surface area contributed by atoms with Gasteiger partial charge in [0, 0.05) is 23.8 Å². The first kappa shape index (κ1) is 15.4.